The Morgan fingerprint density at radius 1 is 1.26 bits per heavy atom. The molecule has 1 unspecified atom stereocenters. The minimum atomic E-state index is -4.33. The molecule has 1 N–H and O–H groups in total. The van der Waals surface area contributed by atoms with Crippen molar-refractivity contribution in [3.8, 4) is 0 Å². The maximum Gasteiger partial charge on any atom is 0.390 e. The highest BCUT2D eigenvalue weighted by molar-refractivity contribution is 5.94. The number of piperidine rings is 1. The molecule has 0 spiro atoms. The highest BCUT2D eigenvalue weighted by Gasteiger charge is 2.30. The molecule has 0 radical (unpaired) electrons. The lowest BCUT2D eigenvalue weighted by Gasteiger charge is -2.28. The van der Waals surface area contributed by atoms with Crippen LogP contribution >= 0.6 is 0 Å². The summed E-state index contributed by atoms with van der Waals surface area (Å²) < 4.78 is 37.5. The Labute approximate surface area is 132 Å². The molecule has 1 atom stereocenters. The number of carbonyl (C=O) groups is 2. The van der Waals surface area contributed by atoms with Crippen molar-refractivity contribution in [2.75, 3.05) is 11.4 Å². The minimum absolute atomic E-state index is 0.0124. The molecule has 2 amide bonds. The fourth-order valence-electron chi connectivity index (χ4n) is 2.60. The number of alkyl halides is 3. The predicted octanol–water partition coefficient (Wildman–Crippen LogP) is 3.03. The number of carbonyl (C=O) groups excluding carboxylic acids is 2. The second kappa shape index (κ2) is 7.48. The number of benzene rings is 1. The average molecular weight is 328 g/mol. The third kappa shape index (κ3) is 5.58. The van der Waals surface area contributed by atoms with Crippen LogP contribution in [-0.4, -0.2) is 30.6 Å². The monoisotopic (exact) mass is 328 g/mol. The zero-order chi connectivity index (χ0) is 16.9. The smallest absolute Gasteiger partial charge is 0.353 e. The topological polar surface area (TPSA) is 49.4 Å². The van der Waals surface area contributed by atoms with Crippen LogP contribution in [0.3, 0.4) is 0 Å². The van der Waals surface area contributed by atoms with Crippen molar-refractivity contribution in [3.05, 3.63) is 30.3 Å². The first-order chi connectivity index (χ1) is 10.8. The summed E-state index contributed by atoms with van der Waals surface area (Å²) in [5, 5.41) is 2.72. The molecular weight excluding hydrogens is 309 g/mol. The fraction of sp³-hybridized carbons (Fsp3) is 0.500. The van der Waals surface area contributed by atoms with Crippen molar-refractivity contribution in [1.29, 1.82) is 0 Å². The molecule has 1 aromatic carbocycles. The van der Waals surface area contributed by atoms with Gasteiger partial charge in [0.25, 0.3) is 0 Å². The fourth-order valence-corrected chi connectivity index (χ4v) is 2.60. The number of anilines is 1. The lowest BCUT2D eigenvalue weighted by molar-refractivity contribution is -0.133. The molecule has 7 heteroatoms. The number of nitrogens with one attached hydrogen (secondary N) is 1. The SMILES string of the molecule is O=C1CCCC(CC(=O)N(CCC(F)(F)F)c2ccccc2)N1. The molecular formula is C16H19F3N2O2. The Hall–Kier alpha value is -2.05. The van der Waals surface area contributed by atoms with Crippen molar-refractivity contribution in [1.82, 2.24) is 5.32 Å². The quantitative estimate of drug-likeness (QED) is 0.903. The Balaban J connectivity index is 2.06. The zero-order valence-electron chi connectivity index (χ0n) is 12.6. The van der Waals surface area contributed by atoms with Crippen molar-refractivity contribution in [2.24, 2.45) is 0 Å². The van der Waals surface area contributed by atoms with E-state index in [2.05, 4.69) is 5.32 Å². The van der Waals surface area contributed by atoms with E-state index in [0.717, 1.165) is 4.90 Å². The van der Waals surface area contributed by atoms with Crippen LogP contribution in [0.4, 0.5) is 18.9 Å². The summed E-state index contributed by atoms with van der Waals surface area (Å²) >= 11 is 0. The number of halogens is 3. The summed E-state index contributed by atoms with van der Waals surface area (Å²) in [5.41, 5.74) is 0.434. The van der Waals surface area contributed by atoms with Crippen molar-refractivity contribution < 1.29 is 22.8 Å². The molecule has 0 aliphatic carbocycles. The van der Waals surface area contributed by atoms with Crippen LogP contribution in [0, 0.1) is 0 Å². The first-order valence-corrected chi connectivity index (χ1v) is 7.57. The number of para-hydroxylation sites is 1. The van der Waals surface area contributed by atoms with E-state index in [-0.39, 0.29) is 18.4 Å². The number of hydrogen-bond acceptors (Lipinski definition) is 2. The third-order valence-corrected chi connectivity index (χ3v) is 3.73. The Morgan fingerprint density at radius 2 is 1.96 bits per heavy atom. The second-order valence-corrected chi connectivity index (χ2v) is 5.61. The zero-order valence-corrected chi connectivity index (χ0v) is 12.6. The summed E-state index contributed by atoms with van der Waals surface area (Å²) in [7, 11) is 0. The first-order valence-electron chi connectivity index (χ1n) is 7.57. The van der Waals surface area contributed by atoms with Gasteiger partial charge >= 0.3 is 6.18 Å². The summed E-state index contributed by atoms with van der Waals surface area (Å²) in [5.74, 6) is -0.525. The number of amides is 2. The van der Waals surface area contributed by atoms with Crippen LogP contribution in [-0.2, 0) is 9.59 Å². The minimum Gasteiger partial charge on any atom is -0.353 e. The molecule has 1 aliphatic rings. The Kier molecular flexibility index (Phi) is 5.63. The van der Waals surface area contributed by atoms with E-state index in [0.29, 0.717) is 24.9 Å². The van der Waals surface area contributed by atoms with Crippen LogP contribution in [0.5, 0.6) is 0 Å². The summed E-state index contributed by atoms with van der Waals surface area (Å²) in [6.07, 6.45) is -3.59. The standard InChI is InChI=1S/C16H19F3N2O2/c17-16(18,19)9-10-21(13-6-2-1-3-7-13)15(23)11-12-5-4-8-14(22)20-12/h1-3,6-7,12H,4-5,8-11H2,(H,20,22). The summed E-state index contributed by atoms with van der Waals surface area (Å²) in [4.78, 5) is 25.0. The van der Waals surface area contributed by atoms with E-state index >= 15 is 0 Å². The van der Waals surface area contributed by atoms with Gasteiger partial charge in [0.1, 0.15) is 0 Å². The van der Waals surface area contributed by atoms with Crippen LogP contribution in [0.15, 0.2) is 30.3 Å². The average Bonchev–Trinajstić information content (AvgIpc) is 2.47. The summed E-state index contributed by atoms with van der Waals surface area (Å²) in [6, 6.07) is 7.98. The molecule has 23 heavy (non-hydrogen) atoms. The number of rotatable bonds is 5. The van der Waals surface area contributed by atoms with E-state index in [1.807, 2.05) is 0 Å². The molecule has 126 valence electrons. The van der Waals surface area contributed by atoms with Gasteiger partial charge in [-0.05, 0) is 25.0 Å². The van der Waals surface area contributed by atoms with Gasteiger partial charge in [-0.25, -0.2) is 0 Å². The molecule has 2 rings (SSSR count). The van der Waals surface area contributed by atoms with Gasteiger partial charge in [0.2, 0.25) is 11.8 Å². The lowest BCUT2D eigenvalue weighted by atomic mass is 10.0. The van der Waals surface area contributed by atoms with Gasteiger partial charge in [0.15, 0.2) is 0 Å². The van der Waals surface area contributed by atoms with E-state index < -0.39 is 25.0 Å². The number of nitrogens with zero attached hydrogens (tertiary/aromatic N) is 1. The Bertz CT molecular complexity index is 546. The lowest BCUT2D eigenvalue weighted by Crippen LogP contribution is -2.43. The third-order valence-electron chi connectivity index (χ3n) is 3.73. The van der Waals surface area contributed by atoms with Gasteiger partial charge in [-0.3, -0.25) is 9.59 Å². The van der Waals surface area contributed by atoms with Crippen LogP contribution in [0.2, 0.25) is 0 Å². The van der Waals surface area contributed by atoms with Crippen LogP contribution in [0.1, 0.15) is 32.1 Å². The highest BCUT2D eigenvalue weighted by atomic mass is 19.4. The molecule has 0 saturated carbocycles. The van der Waals surface area contributed by atoms with Gasteiger partial charge in [-0.15, -0.1) is 0 Å². The van der Waals surface area contributed by atoms with Crippen molar-refractivity contribution in [2.45, 2.75) is 44.3 Å². The summed E-state index contributed by atoms with van der Waals surface area (Å²) in [6.45, 7) is -0.424. The van der Waals surface area contributed by atoms with E-state index in [4.69, 9.17) is 0 Å². The van der Waals surface area contributed by atoms with Crippen LogP contribution < -0.4 is 10.2 Å². The van der Waals surface area contributed by atoms with E-state index in [9.17, 15) is 22.8 Å². The largest absolute Gasteiger partial charge is 0.390 e. The van der Waals surface area contributed by atoms with E-state index in [1.165, 1.54) is 0 Å². The van der Waals surface area contributed by atoms with Gasteiger partial charge < -0.3 is 10.2 Å². The molecule has 1 saturated heterocycles. The predicted molar refractivity (Wildman–Crippen MR) is 79.9 cm³/mol. The van der Waals surface area contributed by atoms with Gasteiger partial charge in [0.05, 0.1) is 6.42 Å². The molecule has 1 heterocycles. The number of hydrogen-bond donors (Lipinski definition) is 1. The maximum atomic E-state index is 12.5. The van der Waals surface area contributed by atoms with Gasteiger partial charge in [-0.2, -0.15) is 13.2 Å². The van der Waals surface area contributed by atoms with E-state index in [1.54, 1.807) is 30.3 Å². The molecule has 0 bridgehead atoms. The van der Waals surface area contributed by atoms with Gasteiger partial charge in [0, 0.05) is 31.1 Å². The molecule has 1 fully saturated rings. The molecule has 4 nitrogen and oxygen atoms in total. The van der Waals surface area contributed by atoms with Gasteiger partial charge in [-0.1, -0.05) is 18.2 Å². The van der Waals surface area contributed by atoms with Crippen LogP contribution in [0.25, 0.3) is 0 Å². The van der Waals surface area contributed by atoms with Crippen molar-refractivity contribution in [3.63, 3.8) is 0 Å². The first kappa shape index (κ1) is 17.3. The maximum absolute atomic E-state index is 12.5. The molecule has 1 aromatic rings. The molecule has 1 aliphatic heterocycles. The molecule has 0 aromatic heterocycles. The normalized spacial score (nSPS) is 18.4. The second-order valence-electron chi connectivity index (χ2n) is 5.61. The van der Waals surface area contributed by atoms with Crippen molar-refractivity contribution >= 4 is 17.5 Å². The highest BCUT2D eigenvalue weighted by Crippen LogP contribution is 2.23. The Morgan fingerprint density at radius 3 is 2.57 bits per heavy atom.